The molecular weight excluding hydrogens is 176 g/mol. The fraction of sp³-hybridized carbons (Fsp3) is 0.250. The van der Waals surface area contributed by atoms with Crippen LogP contribution >= 0.6 is 11.6 Å². The molecule has 1 atom stereocenters. The number of nitrogens with two attached hydrogens (primary N) is 2. The molecule has 0 amide bonds. The lowest BCUT2D eigenvalue weighted by Gasteiger charge is -2.03. The van der Waals surface area contributed by atoms with E-state index in [2.05, 4.69) is 0 Å². The summed E-state index contributed by atoms with van der Waals surface area (Å²) in [6.45, 7) is 0.509. The van der Waals surface area contributed by atoms with Gasteiger partial charge in [-0.25, -0.2) is 0 Å². The second kappa shape index (κ2) is 2.54. The van der Waals surface area contributed by atoms with Crippen LogP contribution in [0.4, 0.5) is 5.69 Å². The van der Waals surface area contributed by atoms with E-state index in [1.807, 2.05) is 0 Å². The second-order valence-corrected chi connectivity index (χ2v) is 3.24. The van der Waals surface area contributed by atoms with Gasteiger partial charge in [0.15, 0.2) is 0 Å². The first-order valence-corrected chi connectivity index (χ1v) is 4.03. The number of nitrogen functional groups attached to an aromatic ring is 1. The van der Waals surface area contributed by atoms with Crippen LogP contribution < -0.4 is 16.2 Å². The summed E-state index contributed by atoms with van der Waals surface area (Å²) in [7, 11) is 0. The first-order chi connectivity index (χ1) is 5.68. The minimum absolute atomic E-state index is 0.0712. The highest BCUT2D eigenvalue weighted by Crippen LogP contribution is 2.36. The van der Waals surface area contributed by atoms with Gasteiger partial charge < -0.3 is 16.2 Å². The topological polar surface area (TPSA) is 61.3 Å². The first kappa shape index (κ1) is 7.71. The highest BCUT2D eigenvalue weighted by atomic mass is 35.5. The molecule has 0 bridgehead atoms. The molecular formula is C8H9ClN2O. The Morgan fingerprint density at radius 2 is 2.25 bits per heavy atom. The first-order valence-electron chi connectivity index (χ1n) is 3.66. The molecule has 64 valence electrons. The normalized spacial score (nSPS) is 20.3. The maximum atomic E-state index is 5.82. The molecule has 1 heterocycles. The molecule has 2 rings (SSSR count). The van der Waals surface area contributed by atoms with Crippen LogP contribution in [0.15, 0.2) is 12.1 Å². The van der Waals surface area contributed by atoms with Crippen molar-refractivity contribution >= 4 is 17.3 Å². The Kier molecular flexibility index (Phi) is 1.63. The lowest BCUT2D eigenvalue weighted by atomic mass is 10.1. The van der Waals surface area contributed by atoms with Gasteiger partial charge in [-0.2, -0.15) is 0 Å². The number of rotatable bonds is 0. The molecule has 0 radical (unpaired) electrons. The number of fused-ring (bicyclic) bond motifs is 1. The van der Waals surface area contributed by atoms with E-state index < -0.39 is 0 Å². The number of benzene rings is 1. The lowest BCUT2D eigenvalue weighted by molar-refractivity contribution is 0.333. The van der Waals surface area contributed by atoms with Crippen molar-refractivity contribution in [3.05, 3.63) is 22.7 Å². The van der Waals surface area contributed by atoms with Crippen molar-refractivity contribution < 1.29 is 4.74 Å². The Morgan fingerprint density at radius 1 is 1.50 bits per heavy atom. The molecule has 0 fully saturated rings. The molecule has 12 heavy (non-hydrogen) atoms. The summed E-state index contributed by atoms with van der Waals surface area (Å²) >= 11 is 5.82. The van der Waals surface area contributed by atoms with Crippen molar-refractivity contribution in [3.8, 4) is 5.75 Å². The van der Waals surface area contributed by atoms with Gasteiger partial charge >= 0.3 is 0 Å². The maximum absolute atomic E-state index is 5.82. The van der Waals surface area contributed by atoms with Crippen LogP contribution in [-0.2, 0) is 0 Å². The molecule has 4 heteroatoms. The van der Waals surface area contributed by atoms with Crippen LogP contribution in [0.1, 0.15) is 11.6 Å². The highest BCUT2D eigenvalue weighted by molar-refractivity contribution is 6.33. The minimum atomic E-state index is -0.0712. The molecule has 0 aliphatic carbocycles. The van der Waals surface area contributed by atoms with E-state index in [1.54, 1.807) is 12.1 Å². The Balaban J connectivity index is 2.56. The summed E-state index contributed by atoms with van der Waals surface area (Å²) in [4.78, 5) is 0. The summed E-state index contributed by atoms with van der Waals surface area (Å²) < 4.78 is 5.28. The van der Waals surface area contributed by atoms with E-state index in [0.717, 1.165) is 11.3 Å². The largest absolute Gasteiger partial charge is 0.491 e. The van der Waals surface area contributed by atoms with Gasteiger partial charge in [0, 0.05) is 11.6 Å². The molecule has 1 aromatic rings. The van der Waals surface area contributed by atoms with E-state index in [-0.39, 0.29) is 6.04 Å². The Morgan fingerprint density at radius 3 is 3.00 bits per heavy atom. The van der Waals surface area contributed by atoms with Crippen molar-refractivity contribution in [1.29, 1.82) is 0 Å². The monoisotopic (exact) mass is 184 g/mol. The third-order valence-electron chi connectivity index (χ3n) is 1.95. The van der Waals surface area contributed by atoms with Crippen LogP contribution in [0.3, 0.4) is 0 Å². The van der Waals surface area contributed by atoms with Gasteiger partial charge in [0.1, 0.15) is 12.4 Å². The molecule has 0 aromatic heterocycles. The molecule has 1 aliphatic heterocycles. The van der Waals surface area contributed by atoms with Crippen LogP contribution in [-0.4, -0.2) is 6.61 Å². The Bertz CT molecular complexity index is 327. The highest BCUT2D eigenvalue weighted by Gasteiger charge is 2.21. The Labute approximate surface area is 75.3 Å². The van der Waals surface area contributed by atoms with Crippen LogP contribution in [0.5, 0.6) is 5.75 Å². The minimum Gasteiger partial charge on any atom is -0.491 e. The zero-order valence-electron chi connectivity index (χ0n) is 6.38. The van der Waals surface area contributed by atoms with Gasteiger partial charge in [-0.1, -0.05) is 11.6 Å². The fourth-order valence-electron chi connectivity index (χ4n) is 1.27. The van der Waals surface area contributed by atoms with Crippen LogP contribution in [0, 0.1) is 0 Å². The van der Waals surface area contributed by atoms with Crippen LogP contribution in [0.25, 0.3) is 0 Å². The van der Waals surface area contributed by atoms with Crippen molar-refractivity contribution in [2.24, 2.45) is 5.73 Å². The molecule has 0 saturated heterocycles. The van der Waals surface area contributed by atoms with Crippen molar-refractivity contribution in [2.75, 3.05) is 12.3 Å². The number of anilines is 1. The summed E-state index contributed by atoms with van der Waals surface area (Å²) in [6, 6.07) is 3.41. The number of hydrogen-bond acceptors (Lipinski definition) is 3. The molecule has 0 saturated carbocycles. The predicted molar refractivity (Wildman–Crippen MR) is 48.3 cm³/mol. The number of ether oxygens (including phenoxy) is 1. The summed E-state index contributed by atoms with van der Waals surface area (Å²) in [5.41, 5.74) is 12.8. The average molecular weight is 185 g/mol. The summed E-state index contributed by atoms with van der Waals surface area (Å²) in [5.74, 6) is 0.754. The lowest BCUT2D eigenvalue weighted by Crippen LogP contribution is -2.10. The van der Waals surface area contributed by atoms with Gasteiger partial charge in [0.2, 0.25) is 0 Å². The van der Waals surface area contributed by atoms with Gasteiger partial charge in [0.05, 0.1) is 16.8 Å². The molecule has 0 spiro atoms. The van der Waals surface area contributed by atoms with E-state index in [0.29, 0.717) is 17.3 Å². The SMILES string of the molecule is Nc1cc2c(cc1Cl)C(N)CO2. The molecule has 1 unspecified atom stereocenters. The second-order valence-electron chi connectivity index (χ2n) is 2.83. The van der Waals surface area contributed by atoms with E-state index in [9.17, 15) is 0 Å². The fourth-order valence-corrected chi connectivity index (χ4v) is 1.44. The smallest absolute Gasteiger partial charge is 0.126 e. The third kappa shape index (κ3) is 1.02. The summed E-state index contributed by atoms with van der Waals surface area (Å²) in [5, 5.41) is 0.537. The quantitative estimate of drug-likeness (QED) is 0.598. The van der Waals surface area contributed by atoms with Crippen molar-refractivity contribution in [3.63, 3.8) is 0 Å². The average Bonchev–Trinajstić information content (AvgIpc) is 2.35. The van der Waals surface area contributed by atoms with Gasteiger partial charge in [-0.05, 0) is 6.07 Å². The standard InChI is InChI=1S/C8H9ClN2O/c9-5-1-4-7(11)3-12-8(4)2-6(5)10/h1-2,7H,3,10-11H2. The molecule has 4 N–H and O–H groups in total. The van der Waals surface area contributed by atoms with Crippen LogP contribution in [0.2, 0.25) is 5.02 Å². The number of halogens is 1. The number of hydrogen-bond donors (Lipinski definition) is 2. The maximum Gasteiger partial charge on any atom is 0.126 e. The molecule has 1 aromatic carbocycles. The summed E-state index contributed by atoms with van der Waals surface area (Å²) in [6.07, 6.45) is 0. The third-order valence-corrected chi connectivity index (χ3v) is 2.27. The predicted octanol–water partition coefficient (Wildman–Crippen LogP) is 1.31. The zero-order chi connectivity index (χ0) is 8.72. The Hall–Kier alpha value is -0.930. The van der Waals surface area contributed by atoms with Gasteiger partial charge in [0.25, 0.3) is 0 Å². The zero-order valence-corrected chi connectivity index (χ0v) is 7.14. The van der Waals surface area contributed by atoms with Crippen molar-refractivity contribution in [1.82, 2.24) is 0 Å². The van der Waals surface area contributed by atoms with E-state index in [1.165, 1.54) is 0 Å². The van der Waals surface area contributed by atoms with E-state index in [4.69, 9.17) is 27.8 Å². The van der Waals surface area contributed by atoms with Gasteiger partial charge in [-0.15, -0.1) is 0 Å². The van der Waals surface area contributed by atoms with Gasteiger partial charge in [-0.3, -0.25) is 0 Å². The van der Waals surface area contributed by atoms with Crippen molar-refractivity contribution in [2.45, 2.75) is 6.04 Å². The van der Waals surface area contributed by atoms with E-state index >= 15 is 0 Å². The molecule has 3 nitrogen and oxygen atoms in total. The molecule has 1 aliphatic rings.